The van der Waals surface area contributed by atoms with Crippen molar-refractivity contribution in [3.8, 4) is 0 Å². The summed E-state index contributed by atoms with van der Waals surface area (Å²) in [5.41, 5.74) is 0. The first kappa shape index (κ1) is 13.3. The van der Waals surface area contributed by atoms with Crippen LogP contribution in [0.15, 0.2) is 0 Å². The van der Waals surface area contributed by atoms with Crippen molar-refractivity contribution in [2.45, 2.75) is 32.7 Å². The van der Waals surface area contributed by atoms with E-state index in [0.717, 1.165) is 12.0 Å². The molecule has 0 radical (unpaired) electrons. The van der Waals surface area contributed by atoms with Gasteiger partial charge in [0.1, 0.15) is 0 Å². The maximum Gasteiger partial charge on any atom is 0.0113 e. The van der Waals surface area contributed by atoms with E-state index in [2.05, 4.69) is 35.6 Å². The molecule has 2 rings (SSSR count). The van der Waals surface area contributed by atoms with Gasteiger partial charge in [0, 0.05) is 38.8 Å². The molecular formula is C14H29N3. The van der Waals surface area contributed by atoms with Crippen molar-refractivity contribution in [2.75, 3.05) is 52.9 Å². The van der Waals surface area contributed by atoms with Gasteiger partial charge >= 0.3 is 0 Å². The SMILES string of the molecule is CC(C)N1CCN(CC2CCN(C)CC2)CC1. The van der Waals surface area contributed by atoms with Gasteiger partial charge in [-0.3, -0.25) is 4.90 Å². The van der Waals surface area contributed by atoms with E-state index in [4.69, 9.17) is 0 Å². The highest BCUT2D eigenvalue weighted by atomic mass is 15.3. The summed E-state index contributed by atoms with van der Waals surface area (Å²) >= 11 is 0. The molecule has 0 saturated carbocycles. The number of hydrogen-bond acceptors (Lipinski definition) is 3. The zero-order valence-corrected chi connectivity index (χ0v) is 11.9. The monoisotopic (exact) mass is 239 g/mol. The summed E-state index contributed by atoms with van der Waals surface area (Å²) in [6.07, 6.45) is 2.81. The van der Waals surface area contributed by atoms with E-state index in [0.29, 0.717) is 0 Å². The maximum atomic E-state index is 2.69. The fourth-order valence-corrected chi connectivity index (χ4v) is 3.07. The summed E-state index contributed by atoms with van der Waals surface area (Å²) in [4.78, 5) is 7.76. The van der Waals surface area contributed by atoms with Crippen LogP contribution in [0.25, 0.3) is 0 Å². The molecule has 0 atom stereocenters. The summed E-state index contributed by atoms with van der Waals surface area (Å²) in [6, 6.07) is 0.723. The van der Waals surface area contributed by atoms with Gasteiger partial charge in [-0.2, -0.15) is 0 Å². The van der Waals surface area contributed by atoms with Crippen LogP contribution in [0.5, 0.6) is 0 Å². The number of nitrogens with zero attached hydrogens (tertiary/aromatic N) is 3. The molecule has 0 bridgehead atoms. The Labute approximate surface area is 107 Å². The van der Waals surface area contributed by atoms with Crippen molar-refractivity contribution in [3.05, 3.63) is 0 Å². The summed E-state index contributed by atoms with van der Waals surface area (Å²) in [5.74, 6) is 0.955. The third-order valence-corrected chi connectivity index (χ3v) is 4.49. The first-order chi connectivity index (χ1) is 8.15. The van der Waals surface area contributed by atoms with Gasteiger partial charge in [0.2, 0.25) is 0 Å². The Kier molecular flexibility index (Phi) is 4.83. The molecule has 2 aliphatic rings. The van der Waals surface area contributed by atoms with E-state index in [1.54, 1.807) is 0 Å². The molecule has 2 aliphatic heterocycles. The summed E-state index contributed by atoms with van der Waals surface area (Å²) in [6.45, 7) is 13.7. The Hall–Kier alpha value is -0.120. The second kappa shape index (κ2) is 6.17. The molecule has 2 fully saturated rings. The minimum Gasteiger partial charge on any atom is -0.306 e. The highest BCUT2D eigenvalue weighted by molar-refractivity contribution is 4.78. The Morgan fingerprint density at radius 1 is 0.941 bits per heavy atom. The van der Waals surface area contributed by atoms with E-state index in [-0.39, 0.29) is 0 Å². The van der Waals surface area contributed by atoms with Gasteiger partial charge in [0.25, 0.3) is 0 Å². The van der Waals surface area contributed by atoms with Crippen LogP contribution in [0.3, 0.4) is 0 Å². The number of rotatable bonds is 3. The standard InChI is InChI=1S/C14H29N3/c1-13(2)17-10-8-16(9-11-17)12-14-4-6-15(3)7-5-14/h13-14H,4-12H2,1-3H3. The molecule has 100 valence electrons. The second-order valence-corrected chi connectivity index (χ2v) is 6.18. The van der Waals surface area contributed by atoms with Crippen LogP contribution in [-0.2, 0) is 0 Å². The molecule has 0 unspecified atom stereocenters. The van der Waals surface area contributed by atoms with Gasteiger partial charge in [0.05, 0.1) is 0 Å². The quantitative estimate of drug-likeness (QED) is 0.736. The van der Waals surface area contributed by atoms with Crippen LogP contribution in [0, 0.1) is 5.92 Å². The summed E-state index contributed by atoms with van der Waals surface area (Å²) in [5, 5.41) is 0. The fourth-order valence-electron chi connectivity index (χ4n) is 3.07. The van der Waals surface area contributed by atoms with Gasteiger partial charge in [-0.25, -0.2) is 0 Å². The highest BCUT2D eigenvalue weighted by Gasteiger charge is 2.23. The van der Waals surface area contributed by atoms with Gasteiger partial charge in [-0.05, 0) is 52.7 Å². The predicted octanol–water partition coefficient (Wildman–Crippen LogP) is 1.35. The number of piperidine rings is 1. The largest absolute Gasteiger partial charge is 0.306 e. The zero-order chi connectivity index (χ0) is 12.3. The molecule has 17 heavy (non-hydrogen) atoms. The lowest BCUT2D eigenvalue weighted by atomic mass is 9.96. The van der Waals surface area contributed by atoms with Crippen molar-refractivity contribution in [2.24, 2.45) is 5.92 Å². The molecule has 3 heteroatoms. The van der Waals surface area contributed by atoms with Gasteiger partial charge < -0.3 is 9.80 Å². The average Bonchev–Trinajstić information content (AvgIpc) is 2.33. The summed E-state index contributed by atoms with van der Waals surface area (Å²) in [7, 11) is 2.25. The molecule has 2 saturated heterocycles. The number of piperazine rings is 1. The van der Waals surface area contributed by atoms with Crippen LogP contribution < -0.4 is 0 Å². The van der Waals surface area contributed by atoms with E-state index in [1.165, 1.54) is 58.7 Å². The molecule has 0 aliphatic carbocycles. The predicted molar refractivity (Wildman–Crippen MR) is 73.4 cm³/mol. The van der Waals surface area contributed by atoms with E-state index in [1.807, 2.05) is 0 Å². The molecule has 0 spiro atoms. The third kappa shape index (κ3) is 3.94. The first-order valence-electron chi connectivity index (χ1n) is 7.30. The molecule has 0 N–H and O–H groups in total. The minimum absolute atomic E-state index is 0.723. The molecule has 0 amide bonds. The van der Waals surface area contributed by atoms with E-state index < -0.39 is 0 Å². The molecule has 0 aromatic heterocycles. The Morgan fingerprint density at radius 3 is 2.06 bits per heavy atom. The smallest absolute Gasteiger partial charge is 0.0113 e. The zero-order valence-electron chi connectivity index (χ0n) is 11.9. The molecular weight excluding hydrogens is 210 g/mol. The van der Waals surface area contributed by atoms with Crippen molar-refractivity contribution in [1.82, 2.24) is 14.7 Å². The van der Waals surface area contributed by atoms with Crippen LogP contribution in [0.2, 0.25) is 0 Å². The molecule has 0 aromatic carbocycles. The molecule has 3 nitrogen and oxygen atoms in total. The maximum absolute atomic E-state index is 2.69. The normalized spacial score (nSPS) is 26.8. The summed E-state index contributed by atoms with van der Waals surface area (Å²) < 4.78 is 0. The lowest BCUT2D eigenvalue weighted by molar-refractivity contribution is 0.0843. The van der Waals surface area contributed by atoms with E-state index in [9.17, 15) is 0 Å². The van der Waals surface area contributed by atoms with Crippen molar-refractivity contribution < 1.29 is 0 Å². The Morgan fingerprint density at radius 2 is 1.53 bits per heavy atom. The van der Waals surface area contributed by atoms with Crippen LogP contribution in [0.1, 0.15) is 26.7 Å². The van der Waals surface area contributed by atoms with Crippen LogP contribution in [0.4, 0.5) is 0 Å². The van der Waals surface area contributed by atoms with E-state index >= 15 is 0 Å². The van der Waals surface area contributed by atoms with Crippen molar-refractivity contribution in [1.29, 1.82) is 0 Å². The second-order valence-electron chi connectivity index (χ2n) is 6.18. The first-order valence-corrected chi connectivity index (χ1v) is 7.30. The Balaban J connectivity index is 1.67. The van der Waals surface area contributed by atoms with Gasteiger partial charge in [-0.1, -0.05) is 0 Å². The third-order valence-electron chi connectivity index (χ3n) is 4.49. The topological polar surface area (TPSA) is 9.72 Å². The number of likely N-dealkylation sites (tertiary alicyclic amines) is 1. The number of hydrogen-bond donors (Lipinski definition) is 0. The minimum atomic E-state index is 0.723. The average molecular weight is 239 g/mol. The van der Waals surface area contributed by atoms with Crippen molar-refractivity contribution in [3.63, 3.8) is 0 Å². The van der Waals surface area contributed by atoms with Crippen LogP contribution in [-0.4, -0.2) is 73.6 Å². The van der Waals surface area contributed by atoms with Gasteiger partial charge in [0.15, 0.2) is 0 Å². The molecule has 0 aromatic rings. The van der Waals surface area contributed by atoms with Crippen LogP contribution >= 0.6 is 0 Å². The highest BCUT2D eigenvalue weighted by Crippen LogP contribution is 2.18. The fraction of sp³-hybridized carbons (Fsp3) is 1.00. The van der Waals surface area contributed by atoms with Gasteiger partial charge in [-0.15, -0.1) is 0 Å². The lowest BCUT2D eigenvalue weighted by Crippen LogP contribution is -2.50. The Bertz CT molecular complexity index is 214. The van der Waals surface area contributed by atoms with Crippen molar-refractivity contribution >= 4 is 0 Å². The molecule has 2 heterocycles. The lowest BCUT2D eigenvalue weighted by Gasteiger charge is -2.39.